The number of fused-ring (bicyclic) bond motifs is 1. The standard InChI is InChI=1S/C23H22N4O4/c1-14-8-10-16(11-9-14)13-27-22(28)21-17(15(2)26-27)6-5-7-18(21)31-23-24-19(29-3)12-20(25-23)30-4/h5-12H,13H2,1-4H3. The molecule has 0 amide bonds. The Bertz CT molecular complexity index is 1280. The van der Waals surface area contributed by atoms with Crippen molar-refractivity contribution in [3.05, 3.63) is 75.7 Å². The van der Waals surface area contributed by atoms with Crippen molar-refractivity contribution in [2.45, 2.75) is 20.4 Å². The van der Waals surface area contributed by atoms with Gasteiger partial charge in [-0.2, -0.15) is 15.1 Å². The molecule has 31 heavy (non-hydrogen) atoms. The zero-order valence-corrected chi connectivity index (χ0v) is 17.7. The Balaban J connectivity index is 1.80. The number of methoxy groups -OCH3 is 2. The fourth-order valence-corrected chi connectivity index (χ4v) is 3.26. The maximum atomic E-state index is 13.3. The van der Waals surface area contributed by atoms with Gasteiger partial charge in [-0.3, -0.25) is 4.79 Å². The summed E-state index contributed by atoms with van der Waals surface area (Å²) in [5.74, 6) is 0.911. The minimum Gasteiger partial charge on any atom is -0.481 e. The lowest BCUT2D eigenvalue weighted by molar-refractivity contribution is 0.348. The van der Waals surface area contributed by atoms with Crippen LogP contribution in [0, 0.1) is 13.8 Å². The fourth-order valence-electron chi connectivity index (χ4n) is 3.26. The van der Waals surface area contributed by atoms with Crippen molar-refractivity contribution in [2.75, 3.05) is 14.2 Å². The van der Waals surface area contributed by atoms with E-state index in [2.05, 4.69) is 15.1 Å². The number of hydrogen-bond donors (Lipinski definition) is 0. The van der Waals surface area contributed by atoms with Gasteiger partial charge in [0, 0.05) is 5.39 Å². The average Bonchev–Trinajstić information content (AvgIpc) is 2.78. The van der Waals surface area contributed by atoms with Crippen LogP contribution in [-0.2, 0) is 6.54 Å². The molecular weight excluding hydrogens is 396 g/mol. The van der Waals surface area contributed by atoms with Crippen LogP contribution in [0.5, 0.6) is 23.5 Å². The molecule has 0 N–H and O–H groups in total. The molecule has 8 heteroatoms. The first-order chi connectivity index (χ1) is 15.0. The molecular formula is C23H22N4O4. The van der Waals surface area contributed by atoms with Gasteiger partial charge in [-0.25, -0.2) is 4.68 Å². The van der Waals surface area contributed by atoms with Crippen molar-refractivity contribution in [1.82, 2.24) is 19.7 Å². The molecule has 0 aliphatic heterocycles. The maximum Gasteiger partial charge on any atom is 0.328 e. The number of nitrogens with zero attached hydrogens (tertiary/aromatic N) is 4. The van der Waals surface area contributed by atoms with Crippen molar-refractivity contribution in [2.24, 2.45) is 0 Å². The predicted octanol–water partition coefficient (Wildman–Crippen LogP) is 3.66. The van der Waals surface area contributed by atoms with Crippen LogP contribution in [0.15, 0.2) is 53.3 Å². The van der Waals surface area contributed by atoms with Gasteiger partial charge in [0.1, 0.15) is 5.75 Å². The van der Waals surface area contributed by atoms with E-state index >= 15 is 0 Å². The minimum absolute atomic E-state index is 0.0163. The molecule has 0 bridgehead atoms. The summed E-state index contributed by atoms with van der Waals surface area (Å²) in [5, 5.41) is 5.61. The number of aryl methyl sites for hydroxylation is 2. The lowest BCUT2D eigenvalue weighted by Crippen LogP contribution is -2.25. The van der Waals surface area contributed by atoms with Gasteiger partial charge < -0.3 is 14.2 Å². The second-order valence-corrected chi connectivity index (χ2v) is 7.05. The van der Waals surface area contributed by atoms with E-state index < -0.39 is 0 Å². The van der Waals surface area contributed by atoms with Crippen LogP contribution in [0.4, 0.5) is 0 Å². The largest absolute Gasteiger partial charge is 0.481 e. The highest BCUT2D eigenvalue weighted by atomic mass is 16.5. The number of aromatic nitrogens is 4. The normalized spacial score (nSPS) is 10.8. The molecule has 2 heterocycles. The molecule has 0 aliphatic carbocycles. The number of ether oxygens (including phenoxy) is 3. The molecule has 158 valence electrons. The highest BCUT2D eigenvalue weighted by Crippen LogP contribution is 2.29. The van der Waals surface area contributed by atoms with E-state index in [-0.39, 0.29) is 23.3 Å². The van der Waals surface area contributed by atoms with Crippen LogP contribution in [0.3, 0.4) is 0 Å². The van der Waals surface area contributed by atoms with Gasteiger partial charge in [-0.15, -0.1) is 0 Å². The Labute approximate surface area is 179 Å². The van der Waals surface area contributed by atoms with Crippen molar-refractivity contribution in [3.8, 4) is 23.5 Å². The lowest BCUT2D eigenvalue weighted by Gasteiger charge is -2.13. The van der Waals surface area contributed by atoms with E-state index in [1.807, 2.05) is 44.2 Å². The van der Waals surface area contributed by atoms with Crippen molar-refractivity contribution < 1.29 is 14.2 Å². The van der Waals surface area contributed by atoms with E-state index in [0.717, 1.165) is 16.8 Å². The molecule has 0 spiro atoms. The third-order valence-electron chi connectivity index (χ3n) is 4.87. The molecule has 0 saturated heterocycles. The third-order valence-corrected chi connectivity index (χ3v) is 4.87. The second-order valence-electron chi connectivity index (χ2n) is 7.05. The zero-order chi connectivity index (χ0) is 22.0. The maximum absolute atomic E-state index is 13.3. The van der Waals surface area contributed by atoms with Crippen LogP contribution in [-0.4, -0.2) is 34.0 Å². The molecule has 4 aromatic rings. The first-order valence-corrected chi connectivity index (χ1v) is 9.69. The van der Waals surface area contributed by atoms with Gasteiger partial charge in [-0.05, 0) is 25.5 Å². The van der Waals surface area contributed by atoms with E-state index in [9.17, 15) is 4.79 Å². The van der Waals surface area contributed by atoms with Crippen LogP contribution in [0.2, 0.25) is 0 Å². The van der Waals surface area contributed by atoms with Gasteiger partial charge in [0.05, 0.1) is 37.9 Å². The Morgan fingerprint density at radius 2 is 1.61 bits per heavy atom. The quantitative estimate of drug-likeness (QED) is 0.472. The number of hydrogen-bond acceptors (Lipinski definition) is 7. The Morgan fingerprint density at radius 3 is 2.26 bits per heavy atom. The van der Waals surface area contributed by atoms with Crippen LogP contribution >= 0.6 is 0 Å². The van der Waals surface area contributed by atoms with Crippen molar-refractivity contribution in [1.29, 1.82) is 0 Å². The summed E-state index contributed by atoms with van der Waals surface area (Å²) < 4.78 is 17.7. The summed E-state index contributed by atoms with van der Waals surface area (Å²) in [7, 11) is 2.98. The third kappa shape index (κ3) is 4.18. The highest BCUT2D eigenvalue weighted by Gasteiger charge is 2.16. The van der Waals surface area contributed by atoms with Gasteiger partial charge in [-0.1, -0.05) is 42.0 Å². The summed E-state index contributed by atoms with van der Waals surface area (Å²) >= 11 is 0. The van der Waals surface area contributed by atoms with Crippen molar-refractivity contribution in [3.63, 3.8) is 0 Å². The van der Waals surface area contributed by atoms with E-state index in [1.54, 1.807) is 18.2 Å². The highest BCUT2D eigenvalue weighted by molar-refractivity contribution is 5.89. The summed E-state index contributed by atoms with van der Waals surface area (Å²) in [5.41, 5.74) is 2.60. The van der Waals surface area contributed by atoms with E-state index in [4.69, 9.17) is 14.2 Å². The van der Waals surface area contributed by atoms with Crippen LogP contribution in [0.25, 0.3) is 10.8 Å². The SMILES string of the molecule is COc1cc(OC)nc(Oc2cccc3c(C)nn(Cc4ccc(C)cc4)c(=O)c23)n1. The monoisotopic (exact) mass is 418 g/mol. The van der Waals surface area contributed by atoms with E-state index in [0.29, 0.717) is 23.1 Å². The Morgan fingerprint density at radius 1 is 0.935 bits per heavy atom. The molecule has 2 aromatic carbocycles. The smallest absolute Gasteiger partial charge is 0.328 e. The molecule has 4 rings (SSSR count). The van der Waals surface area contributed by atoms with Crippen LogP contribution in [0.1, 0.15) is 16.8 Å². The van der Waals surface area contributed by atoms with Crippen molar-refractivity contribution >= 4 is 10.8 Å². The minimum atomic E-state index is -0.258. The van der Waals surface area contributed by atoms with Gasteiger partial charge >= 0.3 is 6.01 Å². The second kappa shape index (κ2) is 8.43. The molecule has 8 nitrogen and oxygen atoms in total. The summed E-state index contributed by atoms with van der Waals surface area (Å²) in [4.78, 5) is 21.7. The Kier molecular flexibility index (Phi) is 5.53. The number of rotatable bonds is 6. The topological polar surface area (TPSA) is 88.4 Å². The van der Waals surface area contributed by atoms with Gasteiger partial charge in [0.2, 0.25) is 11.8 Å². The molecule has 0 atom stereocenters. The molecule has 0 aliphatic rings. The predicted molar refractivity (Wildman–Crippen MR) is 116 cm³/mol. The average molecular weight is 418 g/mol. The molecule has 0 fully saturated rings. The summed E-state index contributed by atoms with van der Waals surface area (Å²) in [6, 6.07) is 14.9. The number of benzene rings is 2. The first-order valence-electron chi connectivity index (χ1n) is 9.69. The first kappa shape index (κ1) is 20.3. The van der Waals surface area contributed by atoms with Gasteiger partial charge in [0.15, 0.2) is 0 Å². The van der Waals surface area contributed by atoms with Gasteiger partial charge in [0.25, 0.3) is 5.56 Å². The molecule has 2 aromatic heterocycles. The molecule has 0 unspecified atom stereocenters. The zero-order valence-electron chi connectivity index (χ0n) is 17.7. The summed E-state index contributed by atoms with van der Waals surface area (Å²) in [6.45, 7) is 4.24. The molecule has 0 radical (unpaired) electrons. The molecule has 0 saturated carbocycles. The lowest BCUT2D eigenvalue weighted by atomic mass is 10.1. The fraction of sp³-hybridized carbons (Fsp3) is 0.217. The van der Waals surface area contributed by atoms with E-state index in [1.165, 1.54) is 18.9 Å². The summed E-state index contributed by atoms with van der Waals surface area (Å²) in [6.07, 6.45) is 0. The Hall–Kier alpha value is -3.94. The van der Waals surface area contributed by atoms with Crippen LogP contribution < -0.4 is 19.8 Å².